The van der Waals surface area contributed by atoms with Crippen molar-refractivity contribution < 1.29 is 32.7 Å². The highest BCUT2D eigenvalue weighted by Crippen LogP contribution is 2.14. The number of alkyl halides is 3. The van der Waals surface area contributed by atoms with E-state index >= 15 is 0 Å². The van der Waals surface area contributed by atoms with E-state index in [1.54, 1.807) is 0 Å². The molecule has 13 heteroatoms. The summed E-state index contributed by atoms with van der Waals surface area (Å²) in [7, 11) is 2.14. The standard InChI is InChI=1S/C21H32BrN5O2.C2HF3O2/c1-24-12-14-25(15-13-24)16-17-27(21(29)18-2-4-19(22)5-3-18)9-6-20(28)26-10-7-23-8-11-26;3-2(4,5)1(6)7/h2-5,23H,6-17H2,1H3;(H,6,7). The summed E-state index contributed by atoms with van der Waals surface area (Å²) in [6.45, 7) is 9.31. The number of carbonyl (C=O) groups is 3. The molecule has 2 amide bonds. The van der Waals surface area contributed by atoms with Gasteiger partial charge in [0.05, 0.1) is 0 Å². The predicted octanol–water partition coefficient (Wildman–Crippen LogP) is 1.59. The number of hydrogen-bond donors (Lipinski definition) is 2. The summed E-state index contributed by atoms with van der Waals surface area (Å²) >= 11 is 3.42. The van der Waals surface area contributed by atoms with Crippen molar-refractivity contribution in [3.05, 3.63) is 34.3 Å². The summed E-state index contributed by atoms with van der Waals surface area (Å²) < 4.78 is 32.7. The number of nitrogens with zero attached hydrogens (tertiary/aromatic N) is 4. The molecule has 0 spiro atoms. The van der Waals surface area contributed by atoms with Gasteiger partial charge in [-0.25, -0.2) is 4.79 Å². The lowest BCUT2D eigenvalue weighted by molar-refractivity contribution is -0.192. The average Bonchev–Trinajstić information content (AvgIpc) is 2.85. The van der Waals surface area contributed by atoms with E-state index in [1.807, 2.05) is 34.1 Å². The summed E-state index contributed by atoms with van der Waals surface area (Å²) in [5, 5.41) is 10.4. The molecule has 2 N–H and O–H groups in total. The average molecular weight is 580 g/mol. The van der Waals surface area contributed by atoms with E-state index in [0.717, 1.165) is 63.4 Å². The number of amides is 2. The zero-order chi connectivity index (χ0) is 26.7. The second kappa shape index (κ2) is 14.5. The zero-order valence-corrected chi connectivity index (χ0v) is 21.9. The fraction of sp³-hybridized carbons (Fsp3) is 0.609. The van der Waals surface area contributed by atoms with Gasteiger partial charge in [-0.3, -0.25) is 14.5 Å². The Kier molecular flexibility index (Phi) is 12.1. The molecule has 2 fully saturated rings. The first-order valence-electron chi connectivity index (χ1n) is 11.7. The minimum atomic E-state index is -5.08. The van der Waals surface area contributed by atoms with E-state index in [-0.39, 0.29) is 11.8 Å². The Morgan fingerprint density at radius 3 is 2.08 bits per heavy atom. The third-order valence-electron chi connectivity index (χ3n) is 5.97. The molecular weight excluding hydrogens is 547 g/mol. The molecule has 1 aromatic carbocycles. The lowest BCUT2D eigenvalue weighted by atomic mass is 10.2. The van der Waals surface area contributed by atoms with Gasteiger partial charge in [0.1, 0.15) is 0 Å². The Balaban J connectivity index is 0.000000572. The van der Waals surface area contributed by atoms with Crippen LogP contribution in [0.2, 0.25) is 0 Å². The Bertz CT molecular complexity index is 858. The molecule has 0 saturated carbocycles. The van der Waals surface area contributed by atoms with E-state index in [4.69, 9.17) is 9.90 Å². The first-order valence-corrected chi connectivity index (χ1v) is 12.5. The second-order valence-corrected chi connectivity index (χ2v) is 9.54. The fourth-order valence-electron chi connectivity index (χ4n) is 3.73. The zero-order valence-electron chi connectivity index (χ0n) is 20.3. The van der Waals surface area contributed by atoms with Crippen LogP contribution in [0.25, 0.3) is 0 Å². The smallest absolute Gasteiger partial charge is 0.475 e. The summed E-state index contributed by atoms with van der Waals surface area (Å²) in [5.41, 5.74) is 0.668. The van der Waals surface area contributed by atoms with Crippen LogP contribution in [0.15, 0.2) is 28.7 Å². The fourth-order valence-corrected chi connectivity index (χ4v) is 3.99. The molecule has 0 aliphatic carbocycles. The van der Waals surface area contributed by atoms with Gasteiger partial charge < -0.3 is 25.1 Å². The number of rotatable bonds is 7. The van der Waals surface area contributed by atoms with Crippen LogP contribution in [-0.4, -0.2) is 128 Å². The maximum Gasteiger partial charge on any atom is 0.490 e. The topological polar surface area (TPSA) is 96.4 Å². The Labute approximate surface area is 217 Å². The van der Waals surface area contributed by atoms with Crippen molar-refractivity contribution >= 4 is 33.7 Å². The van der Waals surface area contributed by atoms with Gasteiger partial charge >= 0.3 is 12.1 Å². The van der Waals surface area contributed by atoms with Crippen molar-refractivity contribution in [2.45, 2.75) is 12.6 Å². The van der Waals surface area contributed by atoms with Gasteiger partial charge in [-0.2, -0.15) is 13.2 Å². The van der Waals surface area contributed by atoms with Crippen LogP contribution in [0.1, 0.15) is 16.8 Å². The first kappa shape index (κ1) is 30.0. The highest BCUT2D eigenvalue weighted by Gasteiger charge is 2.38. The molecule has 1 aromatic rings. The number of likely N-dealkylation sites (N-methyl/N-ethyl adjacent to an activating group) is 1. The van der Waals surface area contributed by atoms with Crippen molar-refractivity contribution in [1.29, 1.82) is 0 Å². The maximum atomic E-state index is 13.1. The van der Waals surface area contributed by atoms with Gasteiger partial charge in [-0.15, -0.1) is 0 Å². The number of aliphatic carboxylic acids is 1. The molecule has 3 rings (SSSR count). The van der Waals surface area contributed by atoms with Crippen LogP contribution in [0.5, 0.6) is 0 Å². The van der Waals surface area contributed by atoms with Crippen LogP contribution >= 0.6 is 15.9 Å². The summed E-state index contributed by atoms with van der Waals surface area (Å²) in [6, 6.07) is 7.45. The van der Waals surface area contributed by atoms with Gasteiger partial charge in [-0.1, -0.05) is 15.9 Å². The van der Waals surface area contributed by atoms with E-state index in [9.17, 15) is 22.8 Å². The molecule has 0 aromatic heterocycles. The Morgan fingerprint density at radius 2 is 1.56 bits per heavy atom. The van der Waals surface area contributed by atoms with Crippen LogP contribution in [0, 0.1) is 0 Å². The maximum absolute atomic E-state index is 13.1. The number of benzene rings is 1. The summed E-state index contributed by atoms with van der Waals surface area (Å²) in [4.78, 5) is 43.1. The number of halogens is 4. The van der Waals surface area contributed by atoms with Crippen LogP contribution in [0.4, 0.5) is 13.2 Å². The highest BCUT2D eigenvalue weighted by molar-refractivity contribution is 9.10. The Hall–Kier alpha value is -2.22. The van der Waals surface area contributed by atoms with Crippen molar-refractivity contribution in [2.24, 2.45) is 0 Å². The SMILES string of the molecule is CN1CCN(CCN(CCC(=O)N2CCNCC2)C(=O)c2ccc(Br)cc2)CC1.O=C(O)C(F)(F)F. The van der Waals surface area contributed by atoms with Crippen molar-refractivity contribution in [3.63, 3.8) is 0 Å². The summed E-state index contributed by atoms with van der Waals surface area (Å²) in [6.07, 6.45) is -4.70. The molecule has 36 heavy (non-hydrogen) atoms. The van der Waals surface area contributed by atoms with Crippen molar-refractivity contribution in [2.75, 3.05) is 79.0 Å². The van der Waals surface area contributed by atoms with Gasteiger partial charge in [0.2, 0.25) is 5.91 Å². The number of piperazine rings is 2. The molecule has 202 valence electrons. The van der Waals surface area contributed by atoms with Gasteiger partial charge in [0.25, 0.3) is 5.91 Å². The van der Waals surface area contributed by atoms with Crippen molar-refractivity contribution in [1.82, 2.24) is 24.9 Å². The normalized spacial score (nSPS) is 17.2. The number of nitrogens with one attached hydrogen (secondary N) is 1. The quantitative estimate of drug-likeness (QED) is 0.506. The van der Waals surface area contributed by atoms with Crippen LogP contribution in [0.3, 0.4) is 0 Å². The molecule has 0 bridgehead atoms. The van der Waals surface area contributed by atoms with Crippen LogP contribution < -0.4 is 5.32 Å². The second-order valence-electron chi connectivity index (χ2n) is 8.63. The minimum Gasteiger partial charge on any atom is -0.475 e. The van der Waals surface area contributed by atoms with Gasteiger partial charge in [-0.05, 0) is 31.3 Å². The molecule has 9 nitrogen and oxygen atoms in total. The molecule has 2 saturated heterocycles. The summed E-state index contributed by atoms with van der Waals surface area (Å²) in [5.74, 6) is -2.62. The van der Waals surface area contributed by atoms with Crippen molar-refractivity contribution in [3.8, 4) is 0 Å². The third kappa shape index (κ3) is 10.4. The number of carboxylic acid groups (broad SMARTS) is 1. The molecule has 0 atom stereocenters. The highest BCUT2D eigenvalue weighted by atomic mass is 79.9. The minimum absolute atomic E-state index is 0.000242. The number of carbonyl (C=O) groups excluding carboxylic acids is 2. The molecule has 2 aliphatic heterocycles. The first-order chi connectivity index (χ1) is 17.0. The number of carboxylic acids is 1. The lowest BCUT2D eigenvalue weighted by Gasteiger charge is -2.34. The molecule has 0 unspecified atom stereocenters. The third-order valence-corrected chi connectivity index (χ3v) is 6.50. The molecule has 2 heterocycles. The predicted molar refractivity (Wildman–Crippen MR) is 132 cm³/mol. The number of hydrogen-bond acceptors (Lipinski definition) is 6. The monoisotopic (exact) mass is 579 g/mol. The van der Waals surface area contributed by atoms with E-state index in [0.29, 0.717) is 25.1 Å². The lowest BCUT2D eigenvalue weighted by Crippen LogP contribution is -2.49. The Morgan fingerprint density at radius 1 is 1.00 bits per heavy atom. The largest absolute Gasteiger partial charge is 0.490 e. The van der Waals surface area contributed by atoms with Gasteiger partial charge in [0, 0.05) is 88.4 Å². The molecule has 0 radical (unpaired) electrons. The van der Waals surface area contributed by atoms with Crippen LogP contribution in [-0.2, 0) is 9.59 Å². The van der Waals surface area contributed by atoms with E-state index in [1.165, 1.54) is 0 Å². The van der Waals surface area contributed by atoms with Gasteiger partial charge in [0.15, 0.2) is 0 Å². The van der Waals surface area contributed by atoms with E-state index < -0.39 is 12.1 Å². The molecule has 2 aliphatic rings. The van der Waals surface area contributed by atoms with E-state index in [2.05, 4.69) is 38.1 Å². The molecular formula is C23H33BrF3N5O4.